The van der Waals surface area contributed by atoms with Gasteiger partial charge in [0.15, 0.2) is 0 Å². The largest absolute Gasteiger partial charge is 0.480 e. The lowest BCUT2D eigenvalue weighted by Gasteiger charge is -2.16. The van der Waals surface area contributed by atoms with Crippen LogP contribution in [-0.2, 0) is 24.0 Å². The average molecular weight is 513 g/mol. The zero-order valence-corrected chi connectivity index (χ0v) is 22.2. The summed E-state index contributed by atoms with van der Waals surface area (Å²) >= 11 is 0. The smallest absolute Gasteiger partial charge is 0.326 e. The number of nitrogens with one attached hydrogen (secondary N) is 3. The number of carboxylic acids is 1. The number of hydrogen-bond donors (Lipinski definition) is 5. The van der Waals surface area contributed by atoms with Crippen LogP contribution in [0, 0.1) is 0 Å². The number of carbonyl (C=O) groups is 5. The average Bonchev–Trinajstić information content (AvgIpc) is 2.82. The van der Waals surface area contributed by atoms with Gasteiger partial charge in [0.25, 0.3) is 0 Å². The molecule has 0 spiro atoms. The van der Waals surface area contributed by atoms with Crippen LogP contribution in [0.3, 0.4) is 0 Å². The van der Waals surface area contributed by atoms with Gasteiger partial charge in [0, 0.05) is 12.8 Å². The third-order valence-electron chi connectivity index (χ3n) is 6.01. The van der Waals surface area contributed by atoms with Crippen LogP contribution in [0.4, 0.5) is 0 Å². The molecule has 0 fully saturated rings. The van der Waals surface area contributed by atoms with Crippen molar-refractivity contribution < 1.29 is 29.1 Å². The van der Waals surface area contributed by atoms with Gasteiger partial charge in [-0.3, -0.25) is 19.2 Å². The Morgan fingerprint density at radius 3 is 1.69 bits per heavy atom. The monoisotopic (exact) mass is 512 g/mol. The predicted octanol–water partition coefficient (Wildman–Crippen LogP) is 2.92. The molecular weight excluding hydrogens is 464 g/mol. The van der Waals surface area contributed by atoms with Crippen molar-refractivity contribution in [2.75, 3.05) is 6.54 Å². The van der Waals surface area contributed by atoms with E-state index in [1.807, 2.05) is 0 Å². The van der Waals surface area contributed by atoms with E-state index in [9.17, 15) is 24.0 Å². The van der Waals surface area contributed by atoms with E-state index in [2.05, 4.69) is 22.9 Å². The van der Waals surface area contributed by atoms with Crippen LogP contribution in [0.1, 0.15) is 117 Å². The zero-order valence-electron chi connectivity index (χ0n) is 22.2. The molecule has 0 rings (SSSR count). The summed E-state index contributed by atoms with van der Waals surface area (Å²) in [5, 5.41) is 16.3. The lowest BCUT2D eigenvalue weighted by molar-refractivity contribution is -0.142. The van der Waals surface area contributed by atoms with Gasteiger partial charge in [-0.25, -0.2) is 4.79 Å². The molecule has 4 amide bonds. The quantitative estimate of drug-likeness (QED) is 0.132. The highest BCUT2D eigenvalue weighted by Gasteiger charge is 2.21. The number of aliphatic carboxylic acids is 1. The Morgan fingerprint density at radius 2 is 1.22 bits per heavy atom. The minimum atomic E-state index is -1.30. The molecule has 10 heteroatoms. The van der Waals surface area contributed by atoms with Gasteiger partial charge in [0.1, 0.15) is 12.1 Å². The number of unbranched alkanes of at least 4 members (excludes halogenated alkanes) is 12. The molecule has 0 aromatic heterocycles. The SMILES string of the molecule is CCCCCCCCCCCCCCCC(=O)N[C@@H](C)C(=O)NCC(=O)N[C@@H](CCC(N)=O)C(=O)O. The van der Waals surface area contributed by atoms with E-state index in [0.29, 0.717) is 6.42 Å². The van der Waals surface area contributed by atoms with Gasteiger partial charge in [-0.2, -0.15) is 0 Å². The predicted molar refractivity (Wildman–Crippen MR) is 139 cm³/mol. The molecule has 0 aliphatic rings. The molecule has 0 unspecified atom stereocenters. The standard InChI is InChI=1S/C26H48N4O6/c1-3-4-5-6-7-8-9-10-11-12-13-14-15-16-23(32)29-20(2)25(34)28-19-24(33)30-21(26(35)36)17-18-22(27)31/h20-21H,3-19H2,1-2H3,(H2,27,31)(H,28,34)(H,29,32)(H,30,33)(H,35,36)/t20-,21-/m0/s1. The van der Waals surface area contributed by atoms with Crippen molar-refractivity contribution in [2.45, 2.75) is 129 Å². The van der Waals surface area contributed by atoms with Crippen LogP contribution in [0.2, 0.25) is 0 Å². The Bertz CT molecular complexity index is 671. The number of rotatable bonds is 23. The number of carboxylic acid groups (broad SMARTS) is 1. The van der Waals surface area contributed by atoms with Crippen LogP contribution in [0.25, 0.3) is 0 Å². The third-order valence-corrected chi connectivity index (χ3v) is 6.01. The van der Waals surface area contributed by atoms with E-state index < -0.39 is 42.3 Å². The summed E-state index contributed by atoms with van der Waals surface area (Å²) in [6, 6.07) is -2.10. The first-order chi connectivity index (χ1) is 17.2. The van der Waals surface area contributed by atoms with E-state index in [-0.39, 0.29) is 18.7 Å². The van der Waals surface area contributed by atoms with Crippen molar-refractivity contribution in [3.8, 4) is 0 Å². The molecule has 0 radical (unpaired) electrons. The van der Waals surface area contributed by atoms with Crippen LogP contribution >= 0.6 is 0 Å². The Labute approximate surface area is 215 Å². The molecule has 36 heavy (non-hydrogen) atoms. The summed E-state index contributed by atoms with van der Waals surface area (Å²) in [4.78, 5) is 58.1. The topological polar surface area (TPSA) is 168 Å². The maximum atomic E-state index is 12.1. The van der Waals surface area contributed by atoms with Crippen molar-refractivity contribution in [1.82, 2.24) is 16.0 Å². The number of carbonyl (C=O) groups excluding carboxylic acids is 4. The molecule has 0 aliphatic carbocycles. The summed E-state index contributed by atoms with van der Waals surface area (Å²) in [6.45, 7) is 3.30. The number of amides is 4. The lowest BCUT2D eigenvalue weighted by atomic mass is 10.0. The van der Waals surface area contributed by atoms with Crippen LogP contribution < -0.4 is 21.7 Å². The van der Waals surface area contributed by atoms with Gasteiger partial charge >= 0.3 is 5.97 Å². The van der Waals surface area contributed by atoms with Crippen LogP contribution in [0.15, 0.2) is 0 Å². The molecule has 0 saturated carbocycles. The first kappa shape index (κ1) is 33.4. The fourth-order valence-electron chi connectivity index (χ4n) is 3.79. The first-order valence-corrected chi connectivity index (χ1v) is 13.5. The summed E-state index contributed by atoms with van der Waals surface area (Å²) in [7, 11) is 0. The molecule has 0 heterocycles. The second-order valence-corrected chi connectivity index (χ2v) is 9.46. The van der Waals surface area contributed by atoms with Gasteiger partial charge in [0.2, 0.25) is 23.6 Å². The molecule has 0 aromatic carbocycles. The molecule has 0 aliphatic heterocycles. The minimum absolute atomic E-state index is 0.143. The van der Waals surface area contributed by atoms with Gasteiger partial charge < -0.3 is 26.8 Å². The maximum Gasteiger partial charge on any atom is 0.326 e. The van der Waals surface area contributed by atoms with Crippen molar-refractivity contribution in [1.29, 1.82) is 0 Å². The van der Waals surface area contributed by atoms with Gasteiger partial charge in [-0.1, -0.05) is 84.0 Å². The van der Waals surface area contributed by atoms with E-state index in [0.717, 1.165) is 19.3 Å². The van der Waals surface area contributed by atoms with Crippen LogP contribution in [-0.4, -0.2) is 53.3 Å². The molecular formula is C26H48N4O6. The second-order valence-electron chi connectivity index (χ2n) is 9.46. The molecule has 0 saturated heterocycles. The molecule has 208 valence electrons. The van der Waals surface area contributed by atoms with Crippen molar-refractivity contribution in [3.05, 3.63) is 0 Å². The second kappa shape index (κ2) is 21.6. The highest BCUT2D eigenvalue weighted by Crippen LogP contribution is 2.13. The van der Waals surface area contributed by atoms with Gasteiger partial charge in [-0.05, 0) is 19.8 Å². The third kappa shape index (κ3) is 19.6. The van der Waals surface area contributed by atoms with E-state index in [1.165, 1.54) is 71.1 Å². The zero-order chi connectivity index (χ0) is 27.2. The highest BCUT2D eigenvalue weighted by molar-refractivity contribution is 5.91. The lowest BCUT2D eigenvalue weighted by Crippen LogP contribution is -2.49. The summed E-state index contributed by atoms with van der Waals surface area (Å²) in [5.41, 5.74) is 4.99. The summed E-state index contributed by atoms with van der Waals surface area (Å²) in [6.07, 6.45) is 15.9. The number of hydrogen-bond acceptors (Lipinski definition) is 5. The molecule has 6 N–H and O–H groups in total. The maximum absolute atomic E-state index is 12.1. The van der Waals surface area contributed by atoms with Crippen LogP contribution in [0.5, 0.6) is 0 Å². The minimum Gasteiger partial charge on any atom is -0.480 e. The fourth-order valence-corrected chi connectivity index (χ4v) is 3.79. The molecule has 2 atom stereocenters. The van der Waals surface area contributed by atoms with Gasteiger partial charge in [-0.15, -0.1) is 0 Å². The first-order valence-electron chi connectivity index (χ1n) is 13.5. The molecule has 10 nitrogen and oxygen atoms in total. The van der Waals surface area contributed by atoms with E-state index in [1.54, 1.807) is 0 Å². The number of nitrogens with two attached hydrogens (primary N) is 1. The Kier molecular flexibility index (Phi) is 20.0. The van der Waals surface area contributed by atoms with E-state index >= 15 is 0 Å². The number of primary amides is 1. The van der Waals surface area contributed by atoms with E-state index in [4.69, 9.17) is 10.8 Å². The van der Waals surface area contributed by atoms with Crippen molar-refractivity contribution >= 4 is 29.6 Å². The highest BCUT2D eigenvalue weighted by atomic mass is 16.4. The Balaban J connectivity index is 3.85. The fraction of sp³-hybridized carbons (Fsp3) is 0.808. The summed E-state index contributed by atoms with van der Waals surface area (Å²) < 4.78 is 0. The Hall–Kier alpha value is -2.65. The van der Waals surface area contributed by atoms with Gasteiger partial charge in [0.05, 0.1) is 6.54 Å². The van der Waals surface area contributed by atoms with Crippen molar-refractivity contribution in [2.24, 2.45) is 5.73 Å². The summed E-state index contributed by atoms with van der Waals surface area (Å²) in [5.74, 6) is -3.46. The molecule has 0 bridgehead atoms. The Morgan fingerprint density at radius 1 is 0.722 bits per heavy atom. The molecule has 0 aromatic rings. The normalized spacial score (nSPS) is 12.4. The van der Waals surface area contributed by atoms with Crippen molar-refractivity contribution in [3.63, 3.8) is 0 Å².